The number of hydrogen-bond donors (Lipinski definition) is 0. The number of carboxylic acid groups (broad SMARTS) is 1. The minimum Gasteiger partial charge on any atom is -0.550 e. The number of carbonyl (C=O) groups is 2. The highest BCUT2D eigenvalue weighted by atomic mass is 79.9. The van der Waals surface area contributed by atoms with Gasteiger partial charge in [0.1, 0.15) is 0 Å². The molecule has 3 nitrogen and oxygen atoms in total. The number of aliphatic carboxylic acids is 1. The number of Topliss-reactive ketones (excluding diaryl/α,β-unsaturated/α-hetero) is 1. The number of rotatable bonds is 6. The maximum atomic E-state index is 12.2. The van der Waals surface area contributed by atoms with E-state index < -0.39 is 10.3 Å². The van der Waals surface area contributed by atoms with Crippen molar-refractivity contribution in [3.05, 3.63) is 71.3 Å². The number of carbonyl (C=O) groups excluding carboxylic acids is 2. The molecular formula is C19H18BrO3-. The van der Waals surface area contributed by atoms with Crippen LogP contribution in [0, 0.1) is 0 Å². The standard InChI is InChI=1S/C19H19BrO3/c1-19(2,20)18(23)15-10-8-14(9-11-15)16(12-17(21)22)13-6-4-3-5-7-13/h3-11,16H,12H2,1-2H3,(H,21,22)/p-1. The van der Waals surface area contributed by atoms with Gasteiger partial charge in [-0.1, -0.05) is 70.5 Å². The van der Waals surface area contributed by atoms with Crippen LogP contribution in [-0.2, 0) is 4.79 Å². The molecule has 0 heterocycles. The SMILES string of the molecule is CC(C)(Br)C(=O)c1ccc(C(CC(=O)[O-])c2ccccc2)cc1. The fourth-order valence-corrected chi connectivity index (χ4v) is 2.72. The van der Waals surface area contributed by atoms with Gasteiger partial charge in [0.25, 0.3) is 0 Å². The molecule has 0 aromatic heterocycles. The summed E-state index contributed by atoms with van der Waals surface area (Å²) in [6.07, 6.45) is -0.0960. The second kappa shape index (κ2) is 7.09. The first-order chi connectivity index (χ1) is 10.8. The third-order valence-corrected chi connectivity index (χ3v) is 4.05. The van der Waals surface area contributed by atoms with E-state index in [1.54, 1.807) is 26.0 Å². The average molecular weight is 374 g/mol. The van der Waals surface area contributed by atoms with Crippen LogP contribution in [-0.4, -0.2) is 16.1 Å². The van der Waals surface area contributed by atoms with E-state index in [-0.39, 0.29) is 18.1 Å². The van der Waals surface area contributed by atoms with Gasteiger partial charge in [-0.2, -0.15) is 0 Å². The summed E-state index contributed by atoms with van der Waals surface area (Å²) in [7, 11) is 0. The van der Waals surface area contributed by atoms with Crippen LogP contribution in [0.1, 0.15) is 47.7 Å². The number of benzene rings is 2. The molecule has 2 rings (SSSR count). The summed E-state index contributed by atoms with van der Waals surface area (Å²) in [4.78, 5) is 23.3. The van der Waals surface area contributed by atoms with Gasteiger partial charge in [-0.25, -0.2) is 0 Å². The van der Waals surface area contributed by atoms with Gasteiger partial charge in [0.05, 0.1) is 4.32 Å². The van der Waals surface area contributed by atoms with E-state index >= 15 is 0 Å². The molecule has 1 atom stereocenters. The highest BCUT2D eigenvalue weighted by Gasteiger charge is 2.25. The van der Waals surface area contributed by atoms with Gasteiger partial charge in [-0.3, -0.25) is 4.79 Å². The van der Waals surface area contributed by atoms with Crippen LogP contribution < -0.4 is 5.11 Å². The second-order valence-corrected chi connectivity index (χ2v) is 7.95. The van der Waals surface area contributed by atoms with E-state index in [1.807, 2.05) is 42.5 Å². The maximum Gasteiger partial charge on any atom is 0.178 e. The first-order valence-corrected chi connectivity index (χ1v) is 8.17. The smallest absolute Gasteiger partial charge is 0.178 e. The molecule has 0 aliphatic rings. The Morgan fingerprint density at radius 1 is 1.00 bits per heavy atom. The van der Waals surface area contributed by atoms with Gasteiger partial charge >= 0.3 is 0 Å². The van der Waals surface area contributed by atoms with Crippen molar-refractivity contribution in [1.29, 1.82) is 0 Å². The minimum absolute atomic E-state index is 0.0137. The highest BCUT2D eigenvalue weighted by molar-refractivity contribution is 9.10. The number of alkyl halides is 1. The minimum atomic E-state index is -1.10. The largest absolute Gasteiger partial charge is 0.550 e. The lowest BCUT2D eigenvalue weighted by molar-refractivity contribution is -0.305. The van der Waals surface area contributed by atoms with Crippen molar-refractivity contribution in [2.24, 2.45) is 0 Å². The summed E-state index contributed by atoms with van der Waals surface area (Å²) in [6.45, 7) is 3.60. The number of carboxylic acids is 1. The molecule has 0 spiro atoms. The van der Waals surface area contributed by atoms with Gasteiger partial charge in [-0.15, -0.1) is 0 Å². The van der Waals surface area contributed by atoms with Crippen molar-refractivity contribution in [3.8, 4) is 0 Å². The zero-order chi connectivity index (χ0) is 17.0. The van der Waals surface area contributed by atoms with Crippen LogP contribution in [0.25, 0.3) is 0 Å². The predicted molar refractivity (Wildman–Crippen MR) is 91.7 cm³/mol. The molecule has 0 saturated heterocycles. The third kappa shape index (κ3) is 4.52. The van der Waals surface area contributed by atoms with Crippen LogP contribution in [0.3, 0.4) is 0 Å². The monoisotopic (exact) mass is 373 g/mol. The van der Waals surface area contributed by atoms with Crippen LogP contribution in [0.4, 0.5) is 0 Å². The summed E-state index contributed by atoms with van der Waals surface area (Å²) >= 11 is 3.36. The Morgan fingerprint density at radius 3 is 2.00 bits per heavy atom. The molecule has 0 fully saturated rings. The van der Waals surface area contributed by atoms with Crippen molar-refractivity contribution in [2.45, 2.75) is 30.5 Å². The van der Waals surface area contributed by atoms with E-state index in [0.29, 0.717) is 5.56 Å². The summed E-state index contributed by atoms with van der Waals surface area (Å²) in [5, 5.41) is 11.1. The molecule has 0 N–H and O–H groups in total. The Kier molecular flexibility index (Phi) is 5.37. The molecular weight excluding hydrogens is 356 g/mol. The molecule has 0 radical (unpaired) electrons. The van der Waals surface area contributed by atoms with Crippen molar-refractivity contribution in [3.63, 3.8) is 0 Å². The molecule has 0 saturated carbocycles. The Morgan fingerprint density at radius 2 is 1.52 bits per heavy atom. The van der Waals surface area contributed by atoms with E-state index in [0.717, 1.165) is 11.1 Å². The van der Waals surface area contributed by atoms with Crippen molar-refractivity contribution < 1.29 is 14.7 Å². The lowest BCUT2D eigenvalue weighted by Crippen LogP contribution is -2.25. The van der Waals surface area contributed by atoms with Crippen molar-refractivity contribution >= 4 is 27.7 Å². The molecule has 23 heavy (non-hydrogen) atoms. The maximum absolute atomic E-state index is 12.2. The van der Waals surface area contributed by atoms with E-state index in [9.17, 15) is 14.7 Å². The van der Waals surface area contributed by atoms with Crippen LogP contribution in [0.5, 0.6) is 0 Å². The summed E-state index contributed by atoms with van der Waals surface area (Å²) in [5.74, 6) is -1.40. The first-order valence-electron chi connectivity index (χ1n) is 7.37. The molecule has 0 aliphatic heterocycles. The van der Waals surface area contributed by atoms with E-state index in [1.165, 1.54) is 0 Å². The quantitative estimate of drug-likeness (QED) is 0.576. The van der Waals surface area contributed by atoms with Crippen LogP contribution in [0.2, 0.25) is 0 Å². The number of ketones is 1. The summed E-state index contributed by atoms with van der Waals surface area (Å²) in [6, 6.07) is 16.5. The zero-order valence-electron chi connectivity index (χ0n) is 13.1. The molecule has 120 valence electrons. The lowest BCUT2D eigenvalue weighted by Gasteiger charge is -2.20. The Hall–Kier alpha value is -1.94. The molecule has 0 amide bonds. The van der Waals surface area contributed by atoms with Crippen LogP contribution in [0.15, 0.2) is 54.6 Å². The fraction of sp³-hybridized carbons (Fsp3) is 0.263. The number of halogens is 1. The molecule has 2 aromatic carbocycles. The van der Waals surface area contributed by atoms with Gasteiger partial charge in [0, 0.05) is 17.5 Å². The Balaban J connectivity index is 2.34. The van der Waals surface area contributed by atoms with Gasteiger partial charge in [0.2, 0.25) is 0 Å². The topological polar surface area (TPSA) is 57.2 Å². The van der Waals surface area contributed by atoms with Gasteiger partial charge in [-0.05, 0) is 31.4 Å². The van der Waals surface area contributed by atoms with Crippen molar-refractivity contribution in [2.75, 3.05) is 0 Å². The third-order valence-electron chi connectivity index (χ3n) is 3.69. The average Bonchev–Trinajstić information content (AvgIpc) is 2.52. The Labute approximate surface area is 144 Å². The van der Waals surface area contributed by atoms with E-state index in [2.05, 4.69) is 15.9 Å². The summed E-state index contributed by atoms with van der Waals surface area (Å²) < 4.78 is -0.627. The molecule has 1 unspecified atom stereocenters. The lowest BCUT2D eigenvalue weighted by atomic mass is 9.87. The van der Waals surface area contributed by atoms with Crippen molar-refractivity contribution in [1.82, 2.24) is 0 Å². The Bertz CT molecular complexity index is 685. The summed E-state index contributed by atoms with van der Waals surface area (Å²) in [5.41, 5.74) is 2.36. The molecule has 0 aliphatic carbocycles. The molecule has 2 aromatic rings. The number of hydrogen-bond acceptors (Lipinski definition) is 3. The fourth-order valence-electron chi connectivity index (χ4n) is 2.49. The highest BCUT2D eigenvalue weighted by Crippen LogP contribution is 2.29. The van der Waals surface area contributed by atoms with Gasteiger partial charge in [0.15, 0.2) is 5.78 Å². The molecule has 0 bridgehead atoms. The van der Waals surface area contributed by atoms with E-state index in [4.69, 9.17) is 0 Å². The first kappa shape index (κ1) is 17.4. The predicted octanol–water partition coefficient (Wildman–Crippen LogP) is 3.31. The van der Waals surface area contributed by atoms with Gasteiger partial charge < -0.3 is 9.90 Å². The van der Waals surface area contributed by atoms with Crippen LogP contribution >= 0.6 is 15.9 Å². The zero-order valence-corrected chi connectivity index (χ0v) is 14.7. The normalized spacial score (nSPS) is 12.7. The molecule has 4 heteroatoms. The second-order valence-electron chi connectivity index (χ2n) is 5.96.